The summed E-state index contributed by atoms with van der Waals surface area (Å²) in [5.41, 5.74) is 4.48. The van der Waals surface area contributed by atoms with Gasteiger partial charge in [0.25, 0.3) is 0 Å². The maximum Gasteiger partial charge on any atom is 0.412 e. The van der Waals surface area contributed by atoms with Crippen molar-refractivity contribution in [2.75, 3.05) is 5.32 Å². The number of halogens is 1. The largest absolute Gasteiger partial charge is 0.444 e. The molecule has 1 heterocycles. The standard InChI is InChI=1S/C44H32FN3O2/c45-41-38(46-43(49)50-30-31-15-5-1-6-16-31)27-28-39-40(41)42(34-26-25-32-17-13-14-18-33(32)29-34)47-48(39)44(35-19-7-2-8-20-35,36-21-9-3-10-22-36)37-23-11-4-12-24-37/h1-29H,30H2,(H,46,49). The minimum atomic E-state index is -0.993. The molecule has 0 bridgehead atoms. The Bertz CT molecular complexity index is 2330. The quantitative estimate of drug-likeness (QED) is 0.166. The Kier molecular flexibility index (Phi) is 8.11. The molecule has 5 nitrogen and oxygen atoms in total. The van der Waals surface area contributed by atoms with E-state index in [1.165, 1.54) is 0 Å². The summed E-state index contributed by atoms with van der Waals surface area (Å²) in [6.45, 7) is 0.0601. The highest BCUT2D eigenvalue weighted by Gasteiger charge is 2.41. The fourth-order valence-electron chi connectivity index (χ4n) is 6.84. The SMILES string of the molecule is O=C(Nc1ccc2c(c(-c3ccc4ccccc4c3)nn2C(c2ccccc2)(c2ccccc2)c2ccccc2)c1F)OCc1ccccc1. The molecule has 0 radical (unpaired) electrons. The number of aromatic nitrogens is 2. The van der Waals surface area contributed by atoms with E-state index in [1.807, 2.05) is 138 Å². The number of hydrogen-bond acceptors (Lipinski definition) is 3. The molecule has 50 heavy (non-hydrogen) atoms. The molecule has 1 aromatic heterocycles. The van der Waals surface area contributed by atoms with Gasteiger partial charge in [-0.2, -0.15) is 5.10 Å². The molecule has 8 aromatic rings. The van der Waals surface area contributed by atoms with Crippen LogP contribution in [-0.2, 0) is 16.9 Å². The first-order valence-corrected chi connectivity index (χ1v) is 16.5. The van der Waals surface area contributed by atoms with Crippen molar-refractivity contribution in [2.45, 2.75) is 12.1 Å². The van der Waals surface area contributed by atoms with E-state index in [9.17, 15) is 4.79 Å². The second kappa shape index (κ2) is 13.2. The average Bonchev–Trinajstić information content (AvgIpc) is 3.57. The van der Waals surface area contributed by atoms with Crippen LogP contribution in [0.3, 0.4) is 0 Å². The number of benzene rings is 7. The number of ether oxygens (including phenoxy) is 1. The van der Waals surface area contributed by atoms with Crippen molar-refractivity contribution in [1.82, 2.24) is 9.78 Å². The van der Waals surface area contributed by atoms with Gasteiger partial charge in [0.1, 0.15) is 17.8 Å². The maximum absolute atomic E-state index is 17.1. The van der Waals surface area contributed by atoms with Crippen molar-refractivity contribution < 1.29 is 13.9 Å². The summed E-state index contributed by atoms with van der Waals surface area (Å²) < 4.78 is 24.5. The second-order valence-corrected chi connectivity index (χ2v) is 12.1. The minimum absolute atomic E-state index is 0.00174. The maximum atomic E-state index is 17.1. The van der Waals surface area contributed by atoms with Crippen LogP contribution in [0.15, 0.2) is 176 Å². The molecule has 0 saturated carbocycles. The zero-order valence-corrected chi connectivity index (χ0v) is 27.0. The molecule has 0 spiro atoms. The van der Waals surface area contributed by atoms with Crippen molar-refractivity contribution in [3.05, 3.63) is 204 Å². The lowest BCUT2D eigenvalue weighted by Crippen LogP contribution is -2.38. The van der Waals surface area contributed by atoms with Gasteiger partial charge in [0, 0.05) is 5.56 Å². The van der Waals surface area contributed by atoms with Gasteiger partial charge in [0.05, 0.1) is 16.6 Å². The Hall–Kier alpha value is -6.53. The van der Waals surface area contributed by atoms with E-state index in [0.717, 1.165) is 38.6 Å². The van der Waals surface area contributed by atoms with Crippen molar-refractivity contribution >= 4 is 33.5 Å². The van der Waals surface area contributed by atoms with Crippen LogP contribution in [0.1, 0.15) is 22.3 Å². The van der Waals surface area contributed by atoms with Crippen LogP contribution in [0.5, 0.6) is 0 Å². The molecule has 0 aliphatic carbocycles. The van der Waals surface area contributed by atoms with Crippen LogP contribution in [0.2, 0.25) is 0 Å². The van der Waals surface area contributed by atoms with Crippen LogP contribution in [0.25, 0.3) is 32.9 Å². The van der Waals surface area contributed by atoms with Crippen LogP contribution in [0.4, 0.5) is 14.9 Å². The van der Waals surface area contributed by atoms with Gasteiger partial charge in [0.2, 0.25) is 0 Å². The number of rotatable bonds is 8. The number of fused-ring (bicyclic) bond motifs is 2. The van der Waals surface area contributed by atoms with Crippen molar-refractivity contribution in [3.8, 4) is 11.3 Å². The molecule has 0 unspecified atom stereocenters. The van der Waals surface area contributed by atoms with Crippen molar-refractivity contribution in [1.29, 1.82) is 0 Å². The molecular weight excluding hydrogens is 622 g/mol. The molecule has 0 fully saturated rings. The summed E-state index contributed by atoms with van der Waals surface area (Å²) in [6.07, 6.45) is -0.751. The van der Waals surface area contributed by atoms with Gasteiger partial charge in [-0.1, -0.05) is 158 Å². The summed E-state index contributed by atoms with van der Waals surface area (Å²) in [7, 11) is 0. The molecule has 8 rings (SSSR count). The average molecular weight is 654 g/mol. The van der Waals surface area contributed by atoms with Crippen molar-refractivity contribution in [2.24, 2.45) is 0 Å². The van der Waals surface area contributed by atoms with Gasteiger partial charge in [-0.15, -0.1) is 0 Å². The van der Waals surface area contributed by atoms with Crippen LogP contribution >= 0.6 is 0 Å². The third kappa shape index (κ3) is 5.47. The summed E-state index contributed by atoms with van der Waals surface area (Å²) >= 11 is 0. The first kappa shape index (κ1) is 30.8. The van der Waals surface area contributed by atoms with Crippen LogP contribution in [0, 0.1) is 5.82 Å². The van der Waals surface area contributed by atoms with E-state index < -0.39 is 17.4 Å². The Morgan fingerprint density at radius 2 is 1.18 bits per heavy atom. The molecule has 242 valence electrons. The Balaban J connectivity index is 1.38. The number of anilines is 1. The molecule has 1 amide bonds. The highest BCUT2D eigenvalue weighted by Crippen LogP contribution is 2.45. The normalized spacial score (nSPS) is 11.5. The zero-order valence-electron chi connectivity index (χ0n) is 27.0. The number of nitrogens with zero attached hydrogens (tertiary/aromatic N) is 2. The van der Waals surface area contributed by atoms with E-state index in [1.54, 1.807) is 6.07 Å². The third-order valence-electron chi connectivity index (χ3n) is 9.15. The van der Waals surface area contributed by atoms with Crippen LogP contribution in [-0.4, -0.2) is 15.9 Å². The monoisotopic (exact) mass is 653 g/mol. The highest BCUT2D eigenvalue weighted by atomic mass is 19.1. The van der Waals surface area contributed by atoms with E-state index in [2.05, 4.69) is 41.7 Å². The molecule has 0 atom stereocenters. The molecular formula is C44H32FN3O2. The predicted molar refractivity (Wildman–Crippen MR) is 197 cm³/mol. The van der Waals surface area contributed by atoms with E-state index in [0.29, 0.717) is 11.2 Å². The topological polar surface area (TPSA) is 56.2 Å². The smallest absolute Gasteiger partial charge is 0.412 e. The first-order chi connectivity index (χ1) is 24.6. The minimum Gasteiger partial charge on any atom is -0.444 e. The fraction of sp³-hybridized carbons (Fsp3) is 0.0455. The van der Waals surface area contributed by atoms with Gasteiger partial charge in [-0.05, 0) is 51.2 Å². The number of nitrogens with one attached hydrogen (secondary N) is 1. The zero-order chi connectivity index (χ0) is 33.9. The Labute approximate surface area is 289 Å². The number of carbonyl (C=O) groups is 1. The van der Waals surface area contributed by atoms with Gasteiger partial charge in [-0.3, -0.25) is 5.32 Å². The summed E-state index contributed by atoms with van der Waals surface area (Å²) in [5, 5.41) is 10.4. The Morgan fingerprint density at radius 1 is 0.640 bits per heavy atom. The molecule has 0 saturated heterocycles. The second-order valence-electron chi connectivity index (χ2n) is 12.1. The third-order valence-corrected chi connectivity index (χ3v) is 9.15. The fourth-order valence-corrected chi connectivity index (χ4v) is 6.84. The predicted octanol–water partition coefficient (Wildman–Crippen LogP) is 10.6. The molecule has 7 aromatic carbocycles. The van der Waals surface area contributed by atoms with Gasteiger partial charge in [-0.25, -0.2) is 13.9 Å². The van der Waals surface area contributed by atoms with Gasteiger partial charge in [0.15, 0.2) is 5.82 Å². The van der Waals surface area contributed by atoms with Crippen LogP contribution < -0.4 is 5.32 Å². The molecule has 6 heteroatoms. The molecule has 1 N–H and O–H groups in total. The summed E-state index contributed by atoms with van der Waals surface area (Å²) in [6, 6.07) is 57.4. The lowest BCUT2D eigenvalue weighted by Gasteiger charge is -2.37. The number of hydrogen-bond donors (Lipinski definition) is 1. The lowest BCUT2D eigenvalue weighted by molar-refractivity contribution is 0.155. The highest BCUT2D eigenvalue weighted by molar-refractivity contribution is 6.00. The number of amides is 1. The van der Waals surface area contributed by atoms with Gasteiger partial charge >= 0.3 is 6.09 Å². The molecule has 0 aliphatic rings. The summed E-state index contributed by atoms with van der Waals surface area (Å²) in [5.74, 6) is -0.600. The number of carbonyl (C=O) groups excluding carboxylic acids is 1. The molecule has 0 aliphatic heterocycles. The van der Waals surface area contributed by atoms with E-state index in [4.69, 9.17) is 9.84 Å². The van der Waals surface area contributed by atoms with E-state index >= 15 is 4.39 Å². The lowest BCUT2D eigenvalue weighted by atomic mass is 9.77. The van der Waals surface area contributed by atoms with E-state index in [-0.39, 0.29) is 17.7 Å². The Morgan fingerprint density at radius 3 is 1.78 bits per heavy atom. The summed E-state index contributed by atoms with van der Waals surface area (Å²) in [4.78, 5) is 13.0. The van der Waals surface area contributed by atoms with Crippen molar-refractivity contribution in [3.63, 3.8) is 0 Å². The first-order valence-electron chi connectivity index (χ1n) is 16.5. The van der Waals surface area contributed by atoms with Gasteiger partial charge < -0.3 is 4.74 Å².